The topological polar surface area (TPSA) is 101 Å². The molecule has 0 aromatic carbocycles. The quantitative estimate of drug-likeness (QED) is 0.806. The molecule has 20 heavy (non-hydrogen) atoms. The van der Waals surface area contributed by atoms with Gasteiger partial charge in [-0.2, -0.15) is 5.10 Å². The van der Waals surface area contributed by atoms with Crippen molar-refractivity contribution in [2.24, 2.45) is 0 Å². The van der Waals surface area contributed by atoms with Crippen LogP contribution in [0.5, 0.6) is 0 Å². The fourth-order valence-corrected chi connectivity index (χ4v) is 1.99. The van der Waals surface area contributed by atoms with Crippen LogP contribution < -0.4 is 17.0 Å². The largest absolute Gasteiger partial charge is 0.393 e. The monoisotopic (exact) mass is 278 g/mol. The van der Waals surface area contributed by atoms with Crippen LogP contribution in [-0.4, -0.2) is 23.9 Å². The average molecular weight is 278 g/mol. The first-order valence-electron chi connectivity index (χ1n) is 6.54. The van der Waals surface area contributed by atoms with E-state index in [0.717, 1.165) is 11.0 Å². The van der Waals surface area contributed by atoms with Gasteiger partial charge in [-0.3, -0.25) is 13.9 Å². The Morgan fingerprint density at radius 1 is 1.30 bits per heavy atom. The lowest BCUT2D eigenvalue weighted by Gasteiger charge is -2.10. The van der Waals surface area contributed by atoms with Crippen LogP contribution in [0.15, 0.2) is 22.1 Å². The summed E-state index contributed by atoms with van der Waals surface area (Å²) in [7, 11) is 0. The van der Waals surface area contributed by atoms with Gasteiger partial charge in [0.1, 0.15) is 17.8 Å². The van der Waals surface area contributed by atoms with Gasteiger partial charge in [-0.25, -0.2) is 14.5 Å². The van der Waals surface area contributed by atoms with Gasteiger partial charge < -0.3 is 5.73 Å². The van der Waals surface area contributed by atoms with Gasteiger partial charge in [0.05, 0.1) is 6.54 Å². The van der Waals surface area contributed by atoms with Gasteiger partial charge in [-0.1, -0.05) is 6.92 Å². The Morgan fingerprint density at radius 2 is 2.05 bits per heavy atom. The number of nitrogens with two attached hydrogens (primary N) is 1. The predicted octanol–water partition coefficient (Wildman–Crippen LogP) is -0.338. The van der Waals surface area contributed by atoms with E-state index in [1.165, 1.54) is 17.1 Å². The molecule has 2 N–H and O–H groups in total. The molecule has 0 saturated heterocycles. The van der Waals surface area contributed by atoms with Gasteiger partial charge in [0.25, 0.3) is 5.56 Å². The van der Waals surface area contributed by atoms with E-state index in [4.69, 9.17) is 5.73 Å². The van der Waals surface area contributed by atoms with Gasteiger partial charge in [-0.15, -0.1) is 0 Å². The Morgan fingerprint density at radius 3 is 2.70 bits per heavy atom. The predicted molar refractivity (Wildman–Crippen MR) is 74.5 cm³/mol. The molecule has 8 heteroatoms. The minimum Gasteiger partial charge on any atom is -0.393 e. The fraction of sp³-hybridized carbons (Fsp3) is 0.500. The summed E-state index contributed by atoms with van der Waals surface area (Å²) in [5.41, 5.74) is 4.82. The summed E-state index contributed by atoms with van der Waals surface area (Å²) in [6.07, 6.45) is 3.68. The number of aryl methyl sites for hydroxylation is 2. The zero-order chi connectivity index (χ0) is 14.7. The molecule has 0 radical (unpaired) electrons. The van der Waals surface area contributed by atoms with Crippen molar-refractivity contribution in [3.05, 3.63) is 39.2 Å². The van der Waals surface area contributed by atoms with Gasteiger partial charge in [0.2, 0.25) is 0 Å². The molecule has 0 bridgehead atoms. The van der Waals surface area contributed by atoms with Crippen LogP contribution in [0.1, 0.15) is 26.1 Å². The molecular weight excluding hydrogens is 260 g/mol. The summed E-state index contributed by atoms with van der Waals surface area (Å²) >= 11 is 0. The molecule has 0 fully saturated rings. The third-order valence-corrected chi connectivity index (χ3v) is 3.03. The highest BCUT2D eigenvalue weighted by molar-refractivity contribution is 5.31. The van der Waals surface area contributed by atoms with Crippen LogP contribution in [0.3, 0.4) is 0 Å². The number of nitrogen functional groups attached to an aromatic ring is 1. The van der Waals surface area contributed by atoms with Crippen molar-refractivity contribution in [3.63, 3.8) is 0 Å². The average Bonchev–Trinajstić information content (AvgIpc) is 2.86. The second kappa shape index (κ2) is 5.72. The van der Waals surface area contributed by atoms with Crippen LogP contribution in [0.2, 0.25) is 0 Å². The Labute approximate surface area is 115 Å². The molecule has 2 aromatic heterocycles. The van der Waals surface area contributed by atoms with Crippen molar-refractivity contribution in [1.82, 2.24) is 23.9 Å². The third-order valence-electron chi connectivity index (χ3n) is 3.03. The van der Waals surface area contributed by atoms with E-state index in [1.807, 2.05) is 13.8 Å². The number of nitrogens with zero attached hydrogens (tertiary/aromatic N) is 5. The lowest BCUT2D eigenvalue weighted by molar-refractivity contribution is 0.529. The van der Waals surface area contributed by atoms with Gasteiger partial charge in [0.15, 0.2) is 0 Å². The van der Waals surface area contributed by atoms with E-state index in [1.54, 1.807) is 4.68 Å². The molecule has 0 aliphatic carbocycles. The van der Waals surface area contributed by atoms with Crippen molar-refractivity contribution in [2.75, 3.05) is 5.73 Å². The standard InChI is InChI=1S/C12H18N6O2/c1-3-5-18-10(14-8-15-18)7-17-11(19)9(13)6-16(4-2)12(17)20/h6,8H,3-5,7,13H2,1-2H3. The molecule has 0 amide bonds. The Bertz CT molecular complexity index is 711. The maximum atomic E-state index is 12.2. The van der Waals surface area contributed by atoms with E-state index in [9.17, 15) is 9.59 Å². The van der Waals surface area contributed by atoms with Crippen molar-refractivity contribution in [2.45, 2.75) is 39.9 Å². The van der Waals surface area contributed by atoms with E-state index in [0.29, 0.717) is 18.9 Å². The first kappa shape index (κ1) is 14.0. The zero-order valence-electron chi connectivity index (χ0n) is 11.6. The SMILES string of the molecule is CCCn1ncnc1Cn1c(=O)c(N)cn(CC)c1=O. The minimum absolute atomic E-state index is 0.0491. The van der Waals surface area contributed by atoms with Crippen LogP contribution >= 0.6 is 0 Å². The highest BCUT2D eigenvalue weighted by atomic mass is 16.2. The summed E-state index contributed by atoms with van der Waals surface area (Å²) in [5, 5.41) is 4.08. The molecule has 2 aromatic rings. The summed E-state index contributed by atoms with van der Waals surface area (Å²) in [4.78, 5) is 28.3. The van der Waals surface area contributed by atoms with Crippen LogP contribution in [0, 0.1) is 0 Å². The maximum Gasteiger partial charge on any atom is 0.331 e. The molecule has 0 aliphatic rings. The highest BCUT2D eigenvalue weighted by Gasteiger charge is 2.12. The lowest BCUT2D eigenvalue weighted by Crippen LogP contribution is -2.41. The molecule has 2 rings (SSSR count). The first-order valence-corrected chi connectivity index (χ1v) is 6.54. The molecule has 2 heterocycles. The van der Waals surface area contributed by atoms with Crippen molar-refractivity contribution in [3.8, 4) is 0 Å². The van der Waals surface area contributed by atoms with E-state index < -0.39 is 11.2 Å². The second-order valence-electron chi connectivity index (χ2n) is 4.44. The molecular formula is C12H18N6O2. The molecule has 0 atom stereocenters. The molecule has 0 unspecified atom stereocenters. The summed E-state index contributed by atoms with van der Waals surface area (Å²) in [6.45, 7) is 5.04. The van der Waals surface area contributed by atoms with Crippen LogP contribution in [-0.2, 0) is 19.6 Å². The van der Waals surface area contributed by atoms with Crippen molar-refractivity contribution >= 4 is 5.69 Å². The minimum atomic E-state index is -0.495. The number of aromatic nitrogens is 5. The normalized spacial score (nSPS) is 10.9. The second-order valence-corrected chi connectivity index (χ2v) is 4.44. The Kier molecular flexibility index (Phi) is 4.02. The van der Waals surface area contributed by atoms with E-state index in [-0.39, 0.29) is 12.2 Å². The molecule has 0 aliphatic heterocycles. The summed E-state index contributed by atoms with van der Waals surface area (Å²) < 4.78 is 4.18. The molecule has 108 valence electrons. The van der Waals surface area contributed by atoms with Crippen LogP contribution in [0.4, 0.5) is 5.69 Å². The smallest absolute Gasteiger partial charge is 0.331 e. The Hall–Kier alpha value is -2.38. The van der Waals surface area contributed by atoms with Gasteiger partial charge in [-0.05, 0) is 13.3 Å². The zero-order valence-corrected chi connectivity index (χ0v) is 11.6. The summed E-state index contributed by atoms with van der Waals surface area (Å²) in [5.74, 6) is 0.569. The molecule has 0 spiro atoms. The van der Waals surface area contributed by atoms with Crippen molar-refractivity contribution < 1.29 is 0 Å². The van der Waals surface area contributed by atoms with E-state index in [2.05, 4.69) is 10.1 Å². The number of rotatable bonds is 5. The highest BCUT2D eigenvalue weighted by Crippen LogP contribution is 1.98. The van der Waals surface area contributed by atoms with Gasteiger partial charge in [0, 0.05) is 19.3 Å². The summed E-state index contributed by atoms with van der Waals surface area (Å²) in [6, 6.07) is 0. The van der Waals surface area contributed by atoms with E-state index >= 15 is 0 Å². The maximum absolute atomic E-state index is 12.2. The number of hydrogen-bond acceptors (Lipinski definition) is 5. The van der Waals surface area contributed by atoms with Gasteiger partial charge >= 0.3 is 5.69 Å². The lowest BCUT2D eigenvalue weighted by atomic mass is 10.4. The molecule has 8 nitrogen and oxygen atoms in total. The Balaban J connectivity index is 2.48. The number of anilines is 1. The van der Waals surface area contributed by atoms with Crippen LogP contribution in [0.25, 0.3) is 0 Å². The molecule has 0 saturated carbocycles. The fourth-order valence-electron chi connectivity index (χ4n) is 1.99. The van der Waals surface area contributed by atoms with Crippen molar-refractivity contribution in [1.29, 1.82) is 0 Å². The third kappa shape index (κ3) is 2.49. The number of hydrogen-bond donors (Lipinski definition) is 1. The first-order chi connectivity index (χ1) is 9.58.